The van der Waals surface area contributed by atoms with Crippen molar-refractivity contribution in [3.8, 4) is 0 Å². The van der Waals surface area contributed by atoms with E-state index in [4.69, 9.17) is 0 Å². The van der Waals surface area contributed by atoms with E-state index in [1.165, 1.54) is 12.1 Å². The minimum absolute atomic E-state index is 0.0111. The predicted octanol–water partition coefficient (Wildman–Crippen LogP) is 3.38. The normalized spacial score (nSPS) is 21.2. The van der Waals surface area contributed by atoms with Gasteiger partial charge >= 0.3 is 0 Å². The van der Waals surface area contributed by atoms with Gasteiger partial charge in [0.1, 0.15) is 11.9 Å². The standard InChI is InChI=1S/C26H31FN4O2/c27-20-9-11-21(12-10-20)29-18-16-28(17-19-29)13-3-4-14-30-23-7-2-1-6-22(23)25(32)31-15-5-8-24(31)26(30)33/h1-2,6-7,9-12,24H,3-5,8,13-19H2. The molecule has 0 spiro atoms. The highest BCUT2D eigenvalue weighted by Gasteiger charge is 2.41. The highest BCUT2D eigenvalue weighted by Crippen LogP contribution is 2.32. The van der Waals surface area contributed by atoms with Gasteiger partial charge in [0.25, 0.3) is 5.91 Å². The van der Waals surface area contributed by atoms with E-state index in [0.29, 0.717) is 18.7 Å². The van der Waals surface area contributed by atoms with Crippen LogP contribution in [0.4, 0.5) is 15.8 Å². The molecule has 7 heteroatoms. The fourth-order valence-corrected chi connectivity index (χ4v) is 5.33. The van der Waals surface area contributed by atoms with Crippen molar-refractivity contribution >= 4 is 23.2 Å². The number of benzene rings is 2. The third kappa shape index (κ3) is 4.47. The zero-order valence-electron chi connectivity index (χ0n) is 19.0. The first-order valence-electron chi connectivity index (χ1n) is 12.1. The molecule has 1 atom stereocenters. The average Bonchev–Trinajstić information content (AvgIpc) is 3.32. The van der Waals surface area contributed by atoms with Crippen molar-refractivity contribution < 1.29 is 14.0 Å². The van der Waals surface area contributed by atoms with Crippen LogP contribution in [0.15, 0.2) is 48.5 Å². The predicted molar refractivity (Wildman–Crippen MR) is 127 cm³/mol. The van der Waals surface area contributed by atoms with Crippen LogP contribution in [0.25, 0.3) is 0 Å². The Morgan fingerprint density at radius 2 is 1.58 bits per heavy atom. The van der Waals surface area contributed by atoms with Crippen LogP contribution in [0.5, 0.6) is 0 Å². The molecule has 5 rings (SSSR count). The summed E-state index contributed by atoms with van der Waals surface area (Å²) in [7, 11) is 0. The van der Waals surface area contributed by atoms with Crippen LogP contribution in [-0.4, -0.2) is 73.5 Å². The Morgan fingerprint density at radius 1 is 0.848 bits per heavy atom. The Morgan fingerprint density at radius 3 is 2.36 bits per heavy atom. The SMILES string of the molecule is O=C1C2CCCN2C(=O)c2ccccc2N1CCCCN1CCN(c2ccc(F)cc2)CC1. The topological polar surface area (TPSA) is 47.1 Å². The molecule has 3 aliphatic heterocycles. The van der Waals surface area contributed by atoms with Crippen molar-refractivity contribution in [2.45, 2.75) is 31.7 Å². The van der Waals surface area contributed by atoms with Crippen LogP contribution in [0.1, 0.15) is 36.0 Å². The molecular formula is C26H31FN4O2. The first-order chi connectivity index (χ1) is 16.1. The molecule has 2 fully saturated rings. The molecule has 0 N–H and O–H groups in total. The smallest absolute Gasteiger partial charge is 0.256 e. The molecule has 0 radical (unpaired) electrons. The summed E-state index contributed by atoms with van der Waals surface area (Å²) in [5, 5.41) is 0. The van der Waals surface area contributed by atoms with Crippen LogP contribution in [0.2, 0.25) is 0 Å². The number of piperazine rings is 1. The number of amides is 2. The van der Waals surface area contributed by atoms with Crippen LogP contribution in [-0.2, 0) is 4.79 Å². The third-order valence-electron chi connectivity index (χ3n) is 7.16. The fourth-order valence-electron chi connectivity index (χ4n) is 5.33. The third-order valence-corrected chi connectivity index (χ3v) is 7.16. The maximum absolute atomic E-state index is 13.3. The molecule has 2 saturated heterocycles. The fraction of sp³-hybridized carbons (Fsp3) is 0.462. The van der Waals surface area contributed by atoms with E-state index in [1.54, 1.807) is 4.90 Å². The largest absolute Gasteiger partial charge is 0.369 e. The zero-order chi connectivity index (χ0) is 22.8. The lowest BCUT2D eigenvalue weighted by Crippen LogP contribution is -2.47. The number of para-hydroxylation sites is 1. The van der Waals surface area contributed by atoms with E-state index in [0.717, 1.165) is 69.8 Å². The molecule has 3 aliphatic rings. The van der Waals surface area contributed by atoms with Gasteiger partial charge in [-0.05, 0) is 68.6 Å². The second-order valence-corrected chi connectivity index (χ2v) is 9.18. The van der Waals surface area contributed by atoms with Gasteiger partial charge in [-0.25, -0.2) is 4.39 Å². The maximum atomic E-state index is 13.3. The summed E-state index contributed by atoms with van der Waals surface area (Å²) in [4.78, 5) is 34.7. The number of halogens is 1. The van der Waals surface area contributed by atoms with Gasteiger partial charge in [0.05, 0.1) is 11.3 Å². The Balaban J connectivity index is 1.15. The molecule has 2 amide bonds. The number of carbonyl (C=O) groups is 2. The summed E-state index contributed by atoms with van der Waals surface area (Å²) in [5.74, 6) is -0.144. The second-order valence-electron chi connectivity index (χ2n) is 9.18. The number of carbonyl (C=O) groups excluding carboxylic acids is 2. The van der Waals surface area contributed by atoms with Gasteiger partial charge in [0.2, 0.25) is 5.91 Å². The van der Waals surface area contributed by atoms with E-state index in [-0.39, 0.29) is 23.7 Å². The lowest BCUT2D eigenvalue weighted by atomic mass is 10.1. The van der Waals surface area contributed by atoms with Crippen molar-refractivity contribution in [1.29, 1.82) is 0 Å². The van der Waals surface area contributed by atoms with Crippen molar-refractivity contribution in [3.05, 3.63) is 59.9 Å². The van der Waals surface area contributed by atoms with Crippen LogP contribution >= 0.6 is 0 Å². The highest BCUT2D eigenvalue weighted by molar-refractivity contribution is 6.11. The minimum Gasteiger partial charge on any atom is -0.369 e. The van der Waals surface area contributed by atoms with Gasteiger partial charge in [-0.2, -0.15) is 0 Å². The molecule has 0 saturated carbocycles. The lowest BCUT2D eigenvalue weighted by molar-refractivity contribution is -0.122. The molecule has 1 unspecified atom stereocenters. The Kier molecular flexibility index (Phi) is 6.31. The first-order valence-corrected chi connectivity index (χ1v) is 12.1. The van der Waals surface area contributed by atoms with E-state index >= 15 is 0 Å². The molecule has 33 heavy (non-hydrogen) atoms. The highest BCUT2D eigenvalue weighted by atomic mass is 19.1. The zero-order valence-corrected chi connectivity index (χ0v) is 19.0. The van der Waals surface area contributed by atoms with E-state index < -0.39 is 0 Å². The number of anilines is 2. The summed E-state index contributed by atoms with van der Waals surface area (Å²) in [6.07, 6.45) is 3.55. The number of nitrogens with zero attached hydrogens (tertiary/aromatic N) is 4. The number of fused-ring (bicyclic) bond motifs is 2. The lowest BCUT2D eigenvalue weighted by Gasteiger charge is -2.36. The van der Waals surface area contributed by atoms with E-state index in [9.17, 15) is 14.0 Å². The Hall–Kier alpha value is -2.93. The van der Waals surface area contributed by atoms with E-state index in [1.807, 2.05) is 41.3 Å². The summed E-state index contributed by atoms with van der Waals surface area (Å²) >= 11 is 0. The summed E-state index contributed by atoms with van der Waals surface area (Å²) in [6.45, 7) is 6.13. The quantitative estimate of drug-likeness (QED) is 0.633. The second kappa shape index (κ2) is 9.51. The van der Waals surface area contributed by atoms with Gasteiger partial charge in [0, 0.05) is 45.0 Å². The molecule has 0 aromatic heterocycles. The van der Waals surface area contributed by atoms with E-state index in [2.05, 4.69) is 9.80 Å². The molecule has 2 aromatic rings. The summed E-state index contributed by atoms with van der Waals surface area (Å²) < 4.78 is 13.2. The summed E-state index contributed by atoms with van der Waals surface area (Å²) in [6, 6.07) is 13.9. The van der Waals surface area contributed by atoms with Gasteiger partial charge in [0.15, 0.2) is 0 Å². The molecule has 0 bridgehead atoms. The first kappa shape index (κ1) is 21.9. The molecular weight excluding hydrogens is 419 g/mol. The number of hydrogen-bond acceptors (Lipinski definition) is 4. The van der Waals surface area contributed by atoms with Gasteiger partial charge in [-0.1, -0.05) is 12.1 Å². The number of rotatable bonds is 6. The number of hydrogen-bond donors (Lipinski definition) is 0. The van der Waals surface area contributed by atoms with Crippen LogP contribution in [0, 0.1) is 5.82 Å². The van der Waals surface area contributed by atoms with Gasteiger partial charge in [-0.15, -0.1) is 0 Å². The monoisotopic (exact) mass is 450 g/mol. The Bertz CT molecular complexity index is 1000. The Labute approximate surface area is 194 Å². The molecule has 6 nitrogen and oxygen atoms in total. The summed E-state index contributed by atoms with van der Waals surface area (Å²) in [5.41, 5.74) is 2.48. The van der Waals surface area contributed by atoms with Crippen LogP contribution < -0.4 is 9.80 Å². The van der Waals surface area contributed by atoms with Gasteiger partial charge in [-0.3, -0.25) is 14.5 Å². The molecule has 0 aliphatic carbocycles. The molecule has 174 valence electrons. The minimum atomic E-state index is -0.315. The molecule has 3 heterocycles. The van der Waals surface area contributed by atoms with Crippen molar-refractivity contribution in [2.75, 3.05) is 55.6 Å². The van der Waals surface area contributed by atoms with Crippen LogP contribution in [0.3, 0.4) is 0 Å². The molecule has 2 aromatic carbocycles. The average molecular weight is 451 g/mol. The van der Waals surface area contributed by atoms with Crippen molar-refractivity contribution in [1.82, 2.24) is 9.80 Å². The van der Waals surface area contributed by atoms with Gasteiger partial charge < -0.3 is 14.7 Å². The van der Waals surface area contributed by atoms with Crippen molar-refractivity contribution in [3.63, 3.8) is 0 Å². The number of unbranched alkanes of at least 4 members (excludes halogenated alkanes) is 1. The maximum Gasteiger partial charge on any atom is 0.256 e. The van der Waals surface area contributed by atoms with Crippen molar-refractivity contribution in [2.24, 2.45) is 0 Å².